The fourth-order valence-corrected chi connectivity index (χ4v) is 4.56. The molecular weight excluding hydrogens is 362 g/mol. The van der Waals surface area contributed by atoms with E-state index in [0.717, 1.165) is 24.8 Å². The molecule has 0 aliphatic carbocycles. The molecule has 2 aromatic rings. The van der Waals surface area contributed by atoms with Gasteiger partial charge in [0.1, 0.15) is 6.61 Å². The van der Waals surface area contributed by atoms with Gasteiger partial charge in [0.15, 0.2) is 0 Å². The van der Waals surface area contributed by atoms with Crippen LogP contribution in [-0.4, -0.2) is 38.4 Å². The van der Waals surface area contributed by atoms with Gasteiger partial charge in [0, 0.05) is 13.1 Å². The topological polar surface area (TPSA) is 63.7 Å². The third-order valence-electron chi connectivity index (χ3n) is 4.44. The van der Waals surface area contributed by atoms with Crippen molar-refractivity contribution >= 4 is 22.1 Å². The summed E-state index contributed by atoms with van der Waals surface area (Å²) in [5.41, 5.74) is 1.25. The summed E-state index contributed by atoms with van der Waals surface area (Å²) in [5, 5.41) is 0. The Morgan fingerprint density at radius 1 is 1.00 bits per heavy atom. The minimum Gasteiger partial charge on any atom is -0.458 e. The molecule has 1 fully saturated rings. The summed E-state index contributed by atoms with van der Waals surface area (Å²) in [6.45, 7) is 1.18. The van der Waals surface area contributed by atoms with Crippen LogP contribution in [0.3, 0.4) is 0 Å². The van der Waals surface area contributed by atoms with Crippen molar-refractivity contribution in [3.8, 4) is 0 Å². The van der Waals surface area contributed by atoms with Crippen LogP contribution in [-0.2, 0) is 14.8 Å². The Hall–Kier alpha value is -2.44. The van der Waals surface area contributed by atoms with E-state index in [2.05, 4.69) is 0 Å². The van der Waals surface area contributed by atoms with Crippen LogP contribution in [0.15, 0.2) is 65.6 Å². The first-order chi connectivity index (χ1) is 13.1. The Morgan fingerprint density at radius 3 is 2.48 bits per heavy atom. The van der Waals surface area contributed by atoms with Gasteiger partial charge in [0.05, 0.1) is 10.5 Å². The highest BCUT2D eigenvalue weighted by atomic mass is 32.2. The molecule has 3 rings (SSSR count). The molecule has 0 amide bonds. The minimum absolute atomic E-state index is 0.122. The second-order valence-corrected chi connectivity index (χ2v) is 8.34. The van der Waals surface area contributed by atoms with E-state index >= 15 is 0 Å². The molecular formula is C21H23NO4S. The lowest BCUT2D eigenvalue weighted by Crippen LogP contribution is -2.35. The van der Waals surface area contributed by atoms with Crippen molar-refractivity contribution < 1.29 is 17.9 Å². The molecule has 1 saturated heterocycles. The highest BCUT2D eigenvalue weighted by Crippen LogP contribution is 2.21. The third-order valence-corrected chi connectivity index (χ3v) is 6.34. The molecule has 0 unspecified atom stereocenters. The number of ether oxygens (including phenoxy) is 1. The zero-order valence-corrected chi connectivity index (χ0v) is 15.9. The van der Waals surface area contributed by atoms with Gasteiger partial charge in [-0.2, -0.15) is 4.31 Å². The van der Waals surface area contributed by atoms with Crippen molar-refractivity contribution in [1.82, 2.24) is 4.31 Å². The molecule has 1 aliphatic heterocycles. The number of carbonyl (C=O) groups is 1. The number of carbonyl (C=O) groups excluding carboxylic acids is 1. The van der Waals surface area contributed by atoms with E-state index in [4.69, 9.17) is 4.74 Å². The number of benzene rings is 2. The maximum atomic E-state index is 12.7. The quantitative estimate of drug-likeness (QED) is 0.711. The van der Waals surface area contributed by atoms with Crippen molar-refractivity contribution in [3.63, 3.8) is 0 Å². The molecule has 0 bridgehead atoms. The van der Waals surface area contributed by atoms with Gasteiger partial charge >= 0.3 is 5.97 Å². The second-order valence-electron chi connectivity index (χ2n) is 6.40. The maximum absolute atomic E-state index is 12.7. The number of nitrogens with zero attached hydrogens (tertiary/aromatic N) is 1. The summed E-state index contributed by atoms with van der Waals surface area (Å²) in [5.74, 6) is -0.539. The van der Waals surface area contributed by atoms with Gasteiger partial charge in [0.2, 0.25) is 10.0 Å². The molecule has 142 valence electrons. The lowest BCUT2D eigenvalue weighted by Gasteiger charge is -2.25. The largest absolute Gasteiger partial charge is 0.458 e. The number of piperidine rings is 1. The zero-order chi connectivity index (χ0) is 19.1. The molecule has 0 saturated carbocycles. The van der Waals surface area contributed by atoms with Crippen molar-refractivity contribution in [1.29, 1.82) is 0 Å². The first kappa shape index (κ1) is 19.3. The zero-order valence-electron chi connectivity index (χ0n) is 15.1. The van der Waals surface area contributed by atoms with Gasteiger partial charge < -0.3 is 4.74 Å². The Kier molecular flexibility index (Phi) is 6.42. The summed E-state index contributed by atoms with van der Waals surface area (Å²) >= 11 is 0. The summed E-state index contributed by atoms with van der Waals surface area (Å²) < 4.78 is 32.2. The molecule has 1 aliphatic rings. The normalized spacial score (nSPS) is 15.7. The average Bonchev–Trinajstić information content (AvgIpc) is 2.72. The highest BCUT2D eigenvalue weighted by Gasteiger charge is 2.26. The molecule has 2 aromatic carbocycles. The van der Waals surface area contributed by atoms with E-state index in [1.165, 1.54) is 16.4 Å². The van der Waals surface area contributed by atoms with Crippen LogP contribution in [0.1, 0.15) is 35.2 Å². The van der Waals surface area contributed by atoms with E-state index in [9.17, 15) is 13.2 Å². The smallest absolute Gasteiger partial charge is 0.338 e. The van der Waals surface area contributed by atoms with E-state index in [1.54, 1.807) is 18.2 Å². The number of esters is 1. The monoisotopic (exact) mass is 385 g/mol. The van der Waals surface area contributed by atoms with Crippen LogP contribution in [0.4, 0.5) is 0 Å². The minimum atomic E-state index is -3.57. The predicted octanol–water partition coefficient (Wildman–Crippen LogP) is 3.73. The summed E-state index contributed by atoms with van der Waals surface area (Å²) in [6.07, 6.45) is 6.41. The standard InChI is InChI=1S/C21H23NO4S/c23-21(26-16-8-11-18-9-3-1-4-10-18)19-12-7-13-20(17-19)27(24,25)22-14-5-2-6-15-22/h1,3-4,7-13,17H,2,5-6,14-16H2/b11-8-. The lowest BCUT2D eigenvalue weighted by atomic mass is 10.2. The Morgan fingerprint density at radius 2 is 1.74 bits per heavy atom. The van der Waals surface area contributed by atoms with Crippen LogP contribution >= 0.6 is 0 Å². The summed E-state index contributed by atoms with van der Waals surface area (Å²) in [6, 6.07) is 15.8. The molecule has 0 spiro atoms. The van der Waals surface area contributed by atoms with Crippen LogP contribution in [0.2, 0.25) is 0 Å². The number of hydrogen-bond donors (Lipinski definition) is 0. The molecule has 0 N–H and O–H groups in total. The predicted molar refractivity (Wildman–Crippen MR) is 105 cm³/mol. The van der Waals surface area contributed by atoms with Crippen molar-refractivity contribution in [3.05, 3.63) is 71.8 Å². The Labute approximate surface area is 160 Å². The van der Waals surface area contributed by atoms with E-state index < -0.39 is 16.0 Å². The van der Waals surface area contributed by atoms with Crippen molar-refractivity contribution in [2.24, 2.45) is 0 Å². The molecule has 6 heteroatoms. The first-order valence-electron chi connectivity index (χ1n) is 9.06. The SMILES string of the molecule is O=C(OC/C=C\c1ccccc1)c1cccc(S(=O)(=O)N2CCCCC2)c1. The van der Waals surface area contributed by atoms with E-state index in [-0.39, 0.29) is 17.1 Å². The third kappa shape index (κ3) is 5.05. The highest BCUT2D eigenvalue weighted by molar-refractivity contribution is 7.89. The lowest BCUT2D eigenvalue weighted by molar-refractivity contribution is 0.0550. The van der Waals surface area contributed by atoms with Gasteiger partial charge in [-0.25, -0.2) is 13.2 Å². The average molecular weight is 385 g/mol. The summed E-state index contributed by atoms with van der Waals surface area (Å²) in [7, 11) is -3.57. The van der Waals surface area contributed by atoms with Crippen LogP contribution in [0.25, 0.3) is 6.08 Å². The van der Waals surface area contributed by atoms with Gasteiger partial charge in [-0.1, -0.05) is 48.9 Å². The van der Waals surface area contributed by atoms with Gasteiger partial charge in [-0.3, -0.25) is 0 Å². The van der Waals surface area contributed by atoms with E-state index in [1.807, 2.05) is 36.4 Å². The van der Waals surface area contributed by atoms with Gasteiger partial charge in [-0.15, -0.1) is 0 Å². The molecule has 5 nitrogen and oxygen atoms in total. The van der Waals surface area contributed by atoms with Crippen molar-refractivity contribution in [2.75, 3.05) is 19.7 Å². The van der Waals surface area contributed by atoms with Gasteiger partial charge in [0.25, 0.3) is 0 Å². The molecule has 0 aromatic heterocycles. The maximum Gasteiger partial charge on any atom is 0.338 e. The fraction of sp³-hybridized carbons (Fsp3) is 0.286. The van der Waals surface area contributed by atoms with Gasteiger partial charge in [-0.05, 0) is 42.7 Å². The second kappa shape index (κ2) is 8.97. The van der Waals surface area contributed by atoms with Crippen LogP contribution in [0.5, 0.6) is 0 Å². The van der Waals surface area contributed by atoms with Crippen LogP contribution in [0, 0.1) is 0 Å². The van der Waals surface area contributed by atoms with Crippen molar-refractivity contribution in [2.45, 2.75) is 24.2 Å². The number of rotatable bonds is 6. The fourth-order valence-electron chi connectivity index (χ4n) is 2.99. The Balaban J connectivity index is 1.64. The molecule has 1 heterocycles. The number of sulfonamides is 1. The van der Waals surface area contributed by atoms with E-state index in [0.29, 0.717) is 13.1 Å². The number of hydrogen-bond acceptors (Lipinski definition) is 4. The Bertz CT molecular complexity index is 901. The summed E-state index contributed by atoms with van der Waals surface area (Å²) in [4.78, 5) is 12.4. The molecule has 27 heavy (non-hydrogen) atoms. The molecule has 0 atom stereocenters. The molecule has 0 radical (unpaired) electrons. The first-order valence-corrected chi connectivity index (χ1v) is 10.5. The van der Waals surface area contributed by atoms with Crippen LogP contribution < -0.4 is 0 Å².